The van der Waals surface area contributed by atoms with Crippen molar-refractivity contribution >= 4 is 22.3 Å². The van der Waals surface area contributed by atoms with Crippen LogP contribution >= 0.6 is 0 Å². The van der Waals surface area contributed by atoms with E-state index in [1.165, 1.54) is 35.8 Å². The molecule has 4 rings (SSSR count). The number of hydrogen-bond donors (Lipinski definition) is 0. The van der Waals surface area contributed by atoms with Crippen LogP contribution in [0.5, 0.6) is 5.75 Å². The molecule has 0 N–H and O–H groups in total. The van der Waals surface area contributed by atoms with Gasteiger partial charge in [-0.3, -0.25) is 4.79 Å². The van der Waals surface area contributed by atoms with E-state index in [2.05, 4.69) is 30.3 Å². The molecule has 28 heavy (non-hydrogen) atoms. The van der Waals surface area contributed by atoms with Crippen LogP contribution in [0.1, 0.15) is 44.1 Å². The summed E-state index contributed by atoms with van der Waals surface area (Å²) in [7, 11) is 1.92. The Hall–Kier alpha value is -2.33. The summed E-state index contributed by atoms with van der Waals surface area (Å²) in [5, 5.41) is 2.35. The summed E-state index contributed by atoms with van der Waals surface area (Å²) in [5.74, 6) is 0.818. The average molecular weight is 380 g/mol. The number of ether oxygens (including phenoxy) is 2. The van der Waals surface area contributed by atoms with E-state index in [4.69, 9.17) is 9.47 Å². The molecule has 1 fully saturated rings. The van der Waals surface area contributed by atoms with Crippen molar-refractivity contribution in [3.05, 3.63) is 48.0 Å². The minimum Gasteiger partial charge on any atom is -0.484 e. The summed E-state index contributed by atoms with van der Waals surface area (Å²) in [6.07, 6.45) is 8.99. The van der Waals surface area contributed by atoms with Crippen LogP contribution in [0.15, 0.2) is 42.5 Å². The van der Waals surface area contributed by atoms with Crippen LogP contribution in [0, 0.1) is 0 Å². The van der Waals surface area contributed by atoms with Crippen molar-refractivity contribution < 1.29 is 14.3 Å². The van der Waals surface area contributed by atoms with Gasteiger partial charge in [-0.2, -0.15) is 0 Å². The van der Waals surface area contributed by atoms with Crippen molar-refractivity contribution in [2.75, 3.05) is 26.9 Å². The summed E-state index contributed by atoms with van der Waals surface area (Å²) >= 11 is 0. The Bertz CT molecular complexity index is 867. The van der Waals surface area contributed by atoms with Crippen LogP contribution in [0.25, 0.3) is 16.3 Å². The Morgan fingerprint density at radius 1 is 1.18 bits per heavy atom. The average Bonchev–Trinajstić information content (AvgIpc) is 2.77. The summed E-state index contributed by atoms with van der Waals surface area (Å²) in [5.41, 5.74) is 2.48. The topological polar surface area (TPSA) is 38.8 Å². The second kappa shape index (κ2) is 8.78. The molecule has 0 atom stereocenters. The van der Waals surface area contributed by atoms with Crippen molar-refractivity contribution in [3.63, 3.8) is 0 Å². The van der Waals surface area contributed by atoms with E-state index < -0.39 is 0 Å². The SMILES string of the molecule is CN(C(=O)COc1cc(C2=CCOCC2)c2ccccc2c1)C1CCCCC1. The van der Waals surface area contributed by atoms with Crippen LogP contribution in [-0.2, 0) is 9.53 Å². The number of benzene rings is 2. The normalized spacial score (nSPS) is 18.0. The number of carbonyl (C=O) groups excluding carboxylic acids is 1. The lowest BCUT2D eigenvalue weighted by Gasteiger charge is -2.31. The van der Waals surface area contributed by atoms with Gasteiger partial charge in [-0.1, -0.05) is 49.6 Å². The molecule has 4 heteroatoms. The highest BCUT2D eigenvalue weighted by Gasteiger charge is 2.22. The highest BCUT2D eigenvalue weighted by molar-refractivity contribution is 5.95. The monoisotopic (exact) mass is 379 g/mol. The number of likely N-dealkylation sites (N-methyl/N-ethyl adjacent to an activating group) is 1. The van der Waals surface area contributed by atoms with Gasteiger partial charge in [0.05, 0.1) is 13.2 Å². The maximum atomic E-state index is 12.6. The molecule has 0 radical (unpaired) electrons. The Morgan fingerprint density at radius 3 is 2.79 bits per heavy atom. The van der Waals surface area contributed by atoms with Gasteiger partial charge in [0.1, 0.15) is 5.75 Å². The molecule has 1 aliphatic heterocycles. The molecule has 0 saturated heterocycles. The van der Waals surface area contributed by atoms with Crippen molar-refractivity contribution in [1.29, 1.82) is 0 Å². The predicted octanol–water partition coefficient (Wildman–Crippen LogP) is 4.81. The molecule has 0 unspecified atom stereocenters. The van der Waals surface area contributed by atoms with E-state index in [1.54, 1.807) is 0 Å². The predicted molar refractivity (Wildman–Crippen MR) is 112 cm³/mol. The Morgan fingerprint density at radius 2 is 2.00 bits per heavy atom. The van der Waals surface area contributed by atoms with E-state index in [9.17, 15) is 4.79 Å². The molecule has 1 amide bonds. The molecule has 1 heterocycles. The molecular formula is C24H29NO3. The smallest absolute Gasteiger partial charge is 0.260 e. The maximum absolute atomic E-state index is 12.6. The van der Waals surface area contributed by atoms with Gasteiger partial charge in [-0.05, 0) is 53.3 Å². The minimum absolute atomic E-state index is 0.0619. The van der Waals surface area contributed by atoms with E-state index in [0.717, 1.165) is 37.0 Å². The largest absolute Gasteiger partial charge is 0.484 e. The fourth-order valence-corrected chi connectivity index (χ4v) is 4.32. The highest BCUT2D eigenvalue weighted by atomic mass is 16.5. The third-order valence-corrected chi connectivity index (χ3v) is 6.02. The standard InChI is InChI=1S/C24H29NO3/c1-25(20-8-3-2-4-9-20)24(26)17-28-21-15-19-7-5-6-10-22(19)23(16-21)18-11-13-27-14-12-18/h5-7,10-11,15-16,20H,2-4,8-9,12-14,17H2,1H3. The summed E-state index contributed by atoms with van der Waals surface area (Å²) < 4.78 is 11.4. The maximum Gasteiger partial charge on any atom is 0.260 e. The van der Waals surface area contributed by atoms with Crippen LogP contribution in [0.4, 0.5) is 0 Å². The van der Waals surface area contributed by atoms with E-state index >= 15 is 0 Å². The van der Waals surface area contributed by atoms with Crippen molar-refractivity contribution in [2.24, 2.45) is 0 Å². The lowest BCUT2D eigenvalue weighted by atomic mass is 9.94. The molecule has 2 aliphatic rings. The summed E-state index contributed by atoms with van der Waals surface area (Å²) in [6.45, 7) is 1.49. The van der Waals surface area contributed by atoms with Crippen LogP contribution in [0.3, 0.4) is 0 Å². The third-order valence-electron chi connectivity index (χ3n) is 6.02. The van der Waals surface area contributed by atoms with Crippen LogP contribution in [-0.4, -0.2) is 43.7 Å². The first-order valence-corrected chi connectivity index (χ1v) is 10.4. The van der Waals surface area contributed by atoms with Gasteiger partial charge in [-0.25, -0.2) is 0 Å². The van der Waals surface area contributed by atoms with Gasteiger partial charge in [-0.15, -0.1) is 0 Å². The van der Waals surface area contributed by atoms with Gasteiger partial charge in [0.15, 0.2) is 6.61 Å². The minimum atomic E-state index is 0.0619. The molecule has 2 aromatic carbocycles. The van der Waals surface area contributed by atoms with Gasteiger partial charge >= 0.3 is 0 Å². The van der Waals surface area contributed by atoms with E-state index in [0.29, 0.717) is 12.6 Å². The van der Waals surface area contributed by atoms with Crippen LogP contribution in [0.2, 0.25) is 0 Å². The highest BCUT2D eigenvalue weighted by Crippen LogP contribution is 2.33. The second-order valence-electron chi connectivity index (χ2n) is 7.83. The molecular weight excluding hydrogens is 350 g/mol. The van der Waals surface area contributed by atoms with Gasteiger partial charge in [0, 0.05) is 13.1 Å². The lowest BCUT2D eigenvalue weighted by molar-refractivity contribution is -0.134. The van der Waals surface area contributed by atoms with Gasteiger partial charge < -0.3 is 14.4 Å². The first-order valence-electron chi connectivity index (χ1n) is 10.4. The first-order chi connectivity index (χ1) is 13.7. The molecule has 148 valence electrons. The number of fused-ring (bicyclic) bond motifs is 1. The fraction of sp³-hybridized carbons (Fsp3) is 0.458. The molecule has 4 nitrogen and oxygen atoms in total. The number of hydrogen-bond acceptors (Lipinski definition) is 3. The Kier molecular flexibility index (Phi) is 5.96. The van der Waals surface area contributed by atoms with Crippen molar-refractivity contribution in [3.8, 4) is 5.75 Å². The molecule has 1 aliphatic carbocycles. The van der Waals surface area contributed by atoms with Gasteiger partial charge in [0.2, 0.25) is 0 Å². The molecule has 0 bridgehead atoms. The van der Waals surface area contributed by atoms with Crippen molar-refractivity contribution in [2.45, 2.75) is 44.6 Å². The molecule has 0 aromatic heterocycles. The number of nitrogens with zero attached hydrogens (tertiary/aromatic N) is 1. The van der Waals surface area contributed by atoms with E-state index in [-0.39, 0.29) is 12.5 Å². The molecule has 1 saturated carbocycles. The Labute approximate surface area is 167 Å². The summed E-state index contributed by atoms with van der Waals surface area (Å²) in [6, 6.07) is 12.8. The fourth-order valence-electron chi connectivity index (χ4n) is 4.32. The van der Waals surface area contributed by atoms with E-state index in [1.807, 2.05) is 24.1 Å². The first kappa shape index (κ1) is 19.0. The number of rotatable bonds is 5. The third kappa shape index (κ3) is 4.22. The Balaban J connectivity index is 1.52. The molecule has 0 spiro atoms. The zero-order chi connectivity index (χ0) is 19.3. The summed E-state index contributed by atoms with van der Waals surface area (Å²) in [4.78, 5) is 14.5. The van der Waals surface area contributed by atoms with Crippen LogP contribution < -0.4 is 4.74 Å². The lowest BCUT2D eigenvalue weighted by Crippen LogP contribution is -2.40. The zero-order valence-corrected chi connectivity index (χ0v) is 16.7. The van der Waals surface area contributed by atoms with Gasteiger partial charge in [0.25, 0.3) is 5.91 Å². The zero-order valence-electron chi connectivity index (χ0n) is 16.7. The quantitative estimate of drug-likeness (QED) is 0.748. The number of amides is 1. The molecule has 2 aromatic rings. The number of carbonyl (C=O) groups is 1. The van der Waals surface area contributed by atoms with Crippen molar-refractivity contribution in [1.82, 2.24) is 4.90 Å². The second-order valence-corrected chi connectivity index (χ2v) is 7.83.